The van der Waals surface area contributed by atoms with E-state index in [9.17, 15) is 4.79 Å². The number of fused-ring (bicyclic) bond motifs is 2. The number of hydrogen-bond donors (Lipinski definition) is 1. The van der Waals surface area contributed by atoms with Gasteiger partial charge in [0.05, 0.1) is 11.4 Å². The SMILES string of the molecule is O=C(NC[C@@H]1C[C@@H]2C=C[C@@H]1C2)N(c1ccccc1)c1ccccc1. The minimum atomic E-state index is -0.0563. The number of hydrogen-bond acceptors (Lipinski definition) is 1. The van der Waals surface area contributed by atoms with Gasteiger partial charge < -0.3 is 5.32 Å². The lowest BCUT2D eigenvalue weighted by atomic mass is 9.94. The Morgan fingerprint density at radius 3 is 2.04 bits per heavy atom. The highest BCUT2D eigenvalue weighted by atomic mass is 16.2. The maximum absolute atomic E-state index is 12.9. The number of anilines is 2. The van der Waals surface area contributed by atoms with E-state index in [1.807, 2.05) is 60.7 Å². The highest BCUT2D eigenvalue weighted by Gasteiger charge is 2.35. The van der Waals surface area contributed by atoms with Crippen LogP contribution in [0.3, 0.4) is 0 Å². The molecule has 4 rings (SSSR count). The molecule has 24 heavy (non-hydrogen) atoms. The van der Waals surface area contributed by atoms with Crippen LogP contribution in [-0.4, -0.2) is 12.6 Å². The lowest BCUT2D eigenvalue weighted by Crippen LogP contribution is -2.40. The summed E-state index contributed by atoms with van der Waals surface area (Å²) in [6, 6.07) is 19.6. The molecule has 1 fully saturated rings. The third kappa shape index (κ3) is 2.94. The highest BCUT2D eigenvalue weighted by molar-refractivity contribution is 5.99. The van der Waals surface area contributed by atoms with Crippen LogP contribution in [0.25, 0.3) is 0 Å². The van der Waals surface area contributed by atoms with Crippen LogP contribution in [0.4, 0.5) is 16.2 Å². The maximum Gasteiger partial charge on any atom is 0.326 e. The first-order valence-corrected chi connectivity index (χ1v) is 8.67. The van der Waals surface area contributed by atoms with Gasteiger partial charge in [-0.15, -0.1) is 0 Å². The summed E-state index contributed by atoms with van der Waals surface area (Å²) in [5.74, 6) is 1.96. The van der Waals surface area contributed by atoms with E-state index in [4.69, 9.17) is 0 Å². The first-order chi connectivity index (χ1) is 11.8. The molecule has 0 aromatic heterocycles. The summed E-state index contributed by atoms with van der Waals surface area (Å²) in [6.45, 7) is 0.751. The van der Waals surface area contributed by atoms with Crippen molar-refractivity contribution in [3.05, 3.63) is 72.8 Å². The van der Waals surface area contributed by atoms with Crippen molar-refractivity contribution in [2.45, 2.75) is 12.8 Å². The Labute approximate surface area is 143 Å². The zero-order valence-electron chi connectivity index (χ0n) is 13.6. The average molecular weight is 318 g/mol. The van der Waals surface area contributed by atoms with Gasteiger partial charge >= 0.3 is 6.03 Å². The van der Waals surface area contributed by atoms with E-state index in [1.165, 1.54) is 12.8 Å². The van der Waals surface area contributed by atoms with Crippen molar-refractivity contribution in [3.63, 3.8) is 0 Å². The summed E-state index contributed by atoms with van der Waals surface area (Å²) in [5, 5.41) is 3.16. The molecule has 0 radical (unpaired) electrons. The van der Waals surface area contributed by atoms with E-state index in [1.54, 1.807) is 4.90 Å². The highest BCUT2D eigenvalue weighted by Crippen LogP contribution is 2.43. The number of rotatable bonds is 4. The number of amides is 2. The van der Waals surface area contributed by atoms with Crippen molar-refractivity contribution in [2.24, 2.45) is 17.8 Å². The molecule has 122 valence electrons. The Hall–Kier alpha value is -2.55. The molecule has 2 aromatic carbocycles. The minimum absolute atomic E-state index is 0.0563. The van der Waals surface area contributed by atoms with E-state index >= 15 is 0 Å². The van der Waals surface area contributed by atoms with Crippen molar-refractivity contribution in [2.75, 3.05) is 11.4 Å². The molecule has 2 amide bonds. The number of allylic oxidation sites excluding steroid dienone is 2. The van der Waals surface area contributed by atoms with Gasteiger partial charge in [-0.3, -0.25) is 4.90 Å². The molecule has 2 bridgehead atoms. The molecule has 0 spiro atoms. The molecular formula is C21H22N2O. The second-order valence-corrected chi connectivity index (χ2v) is 6.73. The lowest BCUT2D eigenvalue weighted by molar-refractivity contribution is 0.245. The minimum Gasteiger partial charge on any atom is -0.337 e. The van der Waals surface area contributed by atoms with Crippen LogP contribution in [0.2, 0.25) is 0 Å². The fourth-order valence-corrected chi connectivity index (χ4v) is 3.96. The van der Waals surface area contributed by atoms with Gasteiger partial charge in [-0.1, -0.05) is 48.6 Å². The number of benzene rings is 2. The molecular weight excluding hydrogens is 296 g/mol. The Morgan fingerprint density at radius 1 is 0.917 bits per heavy atom. The van der Waals surface area contributed by atoms with Crippen LogP contribution < -0.4 is 10.2 Å². The quantitative estimate of drug-likeness (QED) is 0.811. The second kappa shape index (κ2) is 6.52. The standard InChI is InChI=1S/C21H22N2O/c24-21(22-15-18-14-16-11-12-17(18)13-16)23(19-7-3-1-4-8-19)20-9-5-2-6-10-20/h1-12,16-18H,13-15H2,(H,22,24)/t16-,17-,18+/m1/s1. The third-order valence-corrected chi connectivity index (χ3v) is 5.16. The second-order valence-electron chi connectivity index (χ2n) is 6.73. The first kappa shape index (κ1) is 15.0. The summed E-state index contributed by atoms with van der Waals surface area (Å²) in [5.41, 5.74) is 1.77. The zero-order valence-corrected chi connectivity index (χ0v) is 13.6. The van der Waals surface area contributed by atoms with Gasteiger partial charge in [-0.2, -0.15) is 0 Å². The van der Waals surface area contributed by atoms with Gasteiger partial charge in [-0.05, 0) is 54.9 Å². The fraction of sp³-hybridized carbons (Fsp3) is 0.286. The van der Waals surface area contributed by atoms with E-state index in [0.717, 1.165) is 23.8 Å². The topological polar surface area (TPSA) is 32.3 Å². The van der Waals surface area contributed by atoms with E-state index in [2.05, 4.69) is 17.5 Å². The predicted octanol–water partition coefficient (Wildman–Crippen LogP) is 4.75. The van der Waals surface area contributed by atoms with E-state index < -0.39 is 0 Å². The Kier molecular flexibility index (Phi) is 4.08. The Balaban J connectivity index is 1.50. The summed E-state index contributed by atoms with van der Waals surface area (Å²) < 4.78 is 0. The van der Waals surface area contributed by atoms with Crippen molar-refractivity contribution >= 4 is 17.4 Å². The largest absolute Gasteiger partial charge is 0.337 e. The predicted molar refractivity (Wildman–Crippen MR) is 97.3 cm³/mol. The molecule has 0 saturated heterocycles. The van der Waals surface area contributed by atoms with Crippen molar-refractivity contribution in [1.82, 2.24) is 5.32 Å². The zero-order chi connectivity index (χ0) is 16.4. The van der Waals surface area contributed by atoms with Crippen LogP contribution in [-0.2, 0) is 0 Å². The summed E-state index contributed by atoms with van der Waals surface area (Å²) in [7, 11) is 0. The fourth-order valence-electron chi connectivity index (χ4n) is 3.96. The smallest absolute Gasteiger partial charge is 0.326 e. The molecule has 2 aliphatic carbocycles. The molecule has 0 heterocycles. The lowest BCUT2D eigenvalue weighted by Gasteiger charge is -2.25. The van der Waals surface area contributed by atoms with Crippen molar-refractivity contribution < 1.29 is 4.79 Å². The average Bonchev–Trinajstić information content (AvgIpc) is 3.25. The normalized spacial score (nSPS) is 24.1. The Bertz CT molecular complexity index is 687. The number of carbonyl (C=O) groups is 1. The summed E-state index contributed by atoms with van der Waals surface area (Å²) in [6.07, 6.45) is 7.14. The van der Waals surface area contributed by atoms with Crippen LogP contribution in [0.5, 0.6) is 0 Å². The Morgan fingerprint density at radius 2 is 1.54 bits per heavy atom. The molecule has 0 aliphatic heterocycles. The number of para-hydroxylation sites is 2. The molecule has 3 atom stereocenters. The maximum atomic E-state index is 12.9. The molecule has 1 N–H and O–H groups in total. The molecule has 2 aliphatic rings. The number of nitrogens with one attached hydrogen (secondary N) is 1. The van der Waals surface area contributed by atoms with Crippen LogP contribution in [0.15, 0.2) is 72.8 Å². The summed E-state index contributed by atoms with van der Waals surface area (Å²) in [4.78, 5) is 14.7. The number of carbonyl (C=O) groups excluding carboxylic acids is 1. The number of urea groups is 1. The van der Waals surface area contributed by atoms with Crippen LogP contribution in [0, 0.1) is 17.8 Å². The van der Waals surface area contributed by atoms with E-state index in [-0.39, 0.29) is 6.03 Å². The third-order valence-electron chi connectivity index (χ3n) is 5.16. The first-order valence-electron chi connectivity index (χ1n) is 8.67. The van der Waals surface area contributed by atoms with Gasteiger partial charge in [0.1, 0.15) is 0 Å². The van der Waals surface area contributed by atoms with Gasteiger partial charge in [0, 0.05) is 6.54 Å². The van der Waals surface area contributed by atoms with E-state index in [0.29, 0.717) is 11.8 Å². The summed E-state index contributed by atoms with van der Waals surface area (Å²) >= 11 is 0. The van der Waals surface area contributed by atoms with Crippen molar-refractivity contribution in [3.8, 4) is 0 Å². The van der Waals surface area contributed by atoms with Crippen LogP contribution in [0.1, 0.15) is 12.8 Å². The molecule has 3 heteroatoms. The monoisotopic (exact) mass is 318 g/mol. The van der Waals surface area contributed by atoms with Gasteiger partial charge in [0.25, 0.3) is 0 Å². The molecule has 3 nitrogen and oxygen atoms in total. The van der Waals surface area contributed by atoms with Gasteiger partial charge in [-0.25, -0.2) is 4.79 Å². The molecule has 1 saturated carbocycles. The van der Waals surface area contributed by atoms with Gasteiger partial charge in [0.15, 0.2) is 0 Å². The van der Waals surface area contributed by atoms with Gasteiger partial charge in [0.2, 0.25) is 0 Å². The number of nitrogens with zero attached hydrogens (tertiary/aromatic N) is 1. The molecule has 2 aromatic rings. The molecule has 0 unspecified atom stereocenters. The van der Waals surface area contributed by atoms with Crippen molar-refractivity contribution in [1.29, 1.82) is 0 Å². The van der Waals surface area contributed by atoms with Crippen LogP contribution >= 0.6 is 0 Å².